The lowest BCUT2D eigenvalue weighted by Crippen LogP contribution is -2.49. The first kappa shape index (κ1) is 18.5. The minimum Gasteiger partial charge on any atom is -0.324 e. The van der Waals surface area contributed by atoms with Gasteiger partial charge in [-0.3, -0.25) is 10.1 Å². The smallest absolute Gasteiger partial charge is 0.271 e. The summed E-state index contributed by atoms with van der Waals surface area (Å²) in [5.41, 5.74) is 6.27. The lowest BCUT2D eigenvalue weighted by Gasteiger charge is -2.27. The molecule has 1 rings (SSSR count). The molecule has 3 N–H and O–H groups in total. The lowest BCUT2D eigenvalue weighted by atomic mass is 9.95. The highest BCUT2D eigenvalue weighted by atomic mass is 32.2. The molecule has 124 valence electrons. The number of non-ortho nitro benzene ring substituents is 1. The second kappa shape index (κ2) is 6.72. The van der Waals surface area contributed by atoms with Crippen molar-refractivity contribution < 1.29 is 13.3 Å². The number of nitro groups is 1. The fourth-order valence-electron chi connectivity index (χ4n) is 2.01. The molecule has 1 aromatic carbocycles. The number of nitrogens with one attached hydrogen (secondary N) is 1. The van der Waals surface area contributed by atoms with Gasteiger partial charge in [0.05, 0.1) is 9.82 Å². The second-order valence-corrected chi connectivity index (χ2v) is 7.27. The molecule has 0 saturated carbocycles. The molecular weight excluding hydrogens is 306 g/mol. The Morgan fingerprint density at radius 1 is 1.27 bits per heavy atom. The van der Waals surface area contributed by atoms with E-state index in [1.165, 1.54) is 6.07 Å². The molecule has 0 unspecified atom stereocenters. The first-order valence-corrected chi connectivity index (χ1v) is 8.59. The molecule has 0 fully saturated rings. The van der Waals surface area contributed by atoms with Crippen molar-refractivity contribution in [1.82, 2.24) is 4.72 Å². The Morgan fingerprint density at radius 2 is 1.82 bits per heavy atom. The Morgan fingerprint density at radius 3 is 2.27 bits per heavy atom. The predicted molar refractivity (Wildman–Crippen MR) is 85.3 cm³/mol. The van der Waals surface area contributed by atoms with Crippen LogP contribution >= 0.6 is 0 Å². The van der Waals surface area contributed by atoms with Crippen LogP contribution in [-0.4, -0.2) is 25.4 Å². The van der Waals surface area contributed by atoms with E-state index in [9.17, 15) is 18.5 Å². The van der Waals surface area contributed by atoms with Crippen molar-refractivity contribution in [2.45, 2.75) is 51.0 Å². The summed E-state index contributed by atoms with van der Waals surface area (Å²) in [7, 11) is -3.86. The number of rotatable bonds is 7. The van der Waals surface area contributed by atoms with Gasteiger partial charge in [-0.15, -0.1) is 0 Å². The van der Waals surface area contributed by atoms with E-state index in [1.807, 2.05) is 13.8 Å². The van der Waals surface area contributed by atoms with Gasteiger partial charge in [0, 0.05) is 24.2 Å². The summed E-state index contributed by atoms with van der Waals surface area (Å²) < 4.78 is 27.4. The van der Waals surface area contributed by atoms with Crippen LogP contribution in [0.15, 0.2) is 17.0 Å². The molecule has 0 atom stereocenters. The van der Waals surface area contributed by atoms with Crippen molar-refractivity contribution in [2.75, 3.05) is 6.54 Å². The third kappa shape index (κ3) is 4.02. The van der Waals surface area contributed by atoms with Gasteiger partial charge in [-0.25, -0.2) is 13.1 Å². The van der Waals surface area contributed by atoms with Crippen molar-refractivity contribution in [3.05, 3.63) is 33.4 Å². The zero-order valence-corrected chi connectivity index (χ0v) is 14.2. The van der Waals surface area contributed by atoms with Crippen LogP contribution in [0, 0.1) is 24.0 Å². The van der Waals surface area contributed by atoms with Gasteiger partial charge < -0.3 is 5.73 Å². The van der Waals surface area contributed by atoms with Gasteiger partial charge in [0.25, 0.3) is 5.69 Å². The fraction of sp³-hybridized carbons (Fsp3) is 0.571. The largest absolute Gasteiger partial charge is 0.324 e. The monoisotopic (exact) mass is 329 g/mol. The lowest BCUT2D eigenvalue weighted by molar-refractivity contribution is -0.385. The van der Waals surface area contributed by atoms with Gasteiger partial charge in [0.2, 0.25) is 10.0 Å². The Kier molecular flexibility index (Phi) is 5.66. The number of aryl methyl sites for hydroxylation is 1. The maximum Gasteiger partial charge on any atom is 0.271 e. The van der Waals surface area contributed by atoms with Gasteiger partial charge in [-0.2, -0.15) is 0 Å². The molecule has 0 radical (unpaired) electrons. The molecule has 0 aliphatic carbocycles. The first-order chi connectivity index (χ1) is 10.1. The first-order valence-electron chi connectivity index (χ1n) is 7.10. The highest BCUT2D eigenvalue weighted by Gasteiger charge is 2.26. The van der Waals surface area contributed by atoms with Gasteiger partial charge >= 0.3 is 0 Å². The van der Waals surface area contributed by atoms with Gasteiger partial charge in [0.1, 0.15) is 0 Å². The van der Waals surface area contributed by atoms with E-state index in [1.54, 1.807) is 13.8 Å². The summed E-state index contributed by atoms with van der Waals surface area (Å²) in [5, 5.41) is 10.9. The summed E-state index contributed by atoms with van der Waals surface area (Å²) in [6.45, 7) is 7.14. The van der Waals surface area contributed by atoms with E-state index in [0.29, 0.717) is 24.0 Å². The van der Waals surface area contributed by atoms with E-state index in [4.69, 9.17) is 5.73 Å². The van der Waals surface area contributed by atoms with Crippen LogP contribution in [0.4, 0.5) is 5.69 Å². The van der Waals surface area contributed by atoms with Crippen LogP contribution < -0.4 is 10.5 Å². The maximum absolute atomic E-state index is 12.5. The Labute approximate surface area is 131 Å². The van der Waals surface area contributed by atoms with Gasteiger partial charge in [-0.05, 0) is 37.8 Å². The third-order valence-electron chi connectivity index (χ3n) is 4.13. The highest BCUT2D eigenvalue weighted by molar-refractivity contribution is 7.89. The van der Waals surface area contributed by atoms with Crippen LogP contribution in [0.1, 0.15) is 37.8 Å². The SMILES string of the molecule is CCC(N)(CC)CNS(=O)(=O)c1cc([N+](=O)[O-])cc(C)c1C. The third-order valence-corrected chi connectivity index (χ3v) is 5.65. The summed E-state index contributed by atoms with van der Waals surface area (Å²) in [5.74, 6) is 0. The summed E-state index contributed by atoms with van der Waals surface area (Å²) in [6.07, 6.45) is 1.25. The Bertz CT molecular complexity index is 667. The average molecular weight is 329 g/mol. The number of benzene rings is 1. The summed E-state index contributed by atoms with van der Waals surface area (Å²) in [4.78, 5) is 10.2. The minimum absolute atomic E-state index is 0.0752. The van der Waals surface area contributed by atoms with E-state index in [-0.39, 0.29) is 17.1 Å². The van der Waals surface area contributed by atoms with E-state index >= 15 is 0 Å². The molecule has 22 heavy (non-hydrogen) atoms. The van der Waals surface area contributed by atoms with E-state index < -0.39 is 20.5 Å². The van der Waals surface area contributed by atoms with Crippen LogP contribution in [0.2, 0.25) is 0 Å². The summed E-state index contributed by atoms with van der Waals surface area (Å²) >= 11 is 0. The van der Waals surface area contributed by atoms with Crippen LogP contribution in [0.25, 0.3) is 0 Å². The molecule has 0 saturated heterocycles. The molecule has 1 aromatic rings. The van der Waals surface area contributed by atoms with Crippen molar-refractivity contribution in [3.63, 3.8) is 0 Å². The average Bonchev–Trinajstić information content (AvgIpc) is 2.47. The van der Waals surface area contributed by atoms with Gasteiger partial charge in [0.15, 0.2) is 0 Å². The quantitative estimate of drug-likeness (QED) is 0.586. The molecular formula is C14H23N3O4S. The van der Waals surface area contributed by atoms with Crippen LogP contribution in [0.3, 0.4) is 0 Å². The number of sulfonamides is 1. The molecule has 7 nitrogen and oxygen atoms in total. The van der Waals surface area contributed by atoms with Crippen LogP contribution in [0.5, 0.6) is 0 Å². The normalized spacial score (nSPS) is 12.4. The molecule has 8 heteroatoms. The van der Waals surface area contributed by atoms with Crippen molar-refractivity contribution >= 4 is 15.7 Å². The Hall–Kier alpha value is -1.51. The van der Waals surface area contributed by atoms with E-state index in [0.717, 1.165) is 6.07 Å². The number of hydrogen-bond donors (Lipinski definition) is 2. The molecule has 0 aliphatic heterocycles. The predicted octanol–water partition coefficient (Wildman–Crippen LogP) is 2.01. The minimum atomic E-state index is -3.86. The molecule has 0 heterocycles. The van der Waals surface area contributed by atoms with Crippen molar-refractivity contribution in [1.29, 1.82) is 0 Å². The van der Waals surface area contributed by atoms with Gasteiger partial charge in [-0.1, -0.05) is 13.8 Å². The zero-order valence-electron chi connectivity index (χ0n) is 13.3. The molecule has 0 bridgehead atoms. The van der Waals surface area contributed by atoms with Crippen LogP contribution in [-0.2, 0) is 10.0 Å². The fourth-order valence-corrected chi connectivity index (χ4v) is 3.48. The van der Waals surface area contributed by atoms with Crippen molar-refractivity contribution in [3.8, 4) is 0 Å². The maximum atomic E-state index is 12.5. The highest BCUT2D eigenvalue weighted by Crippen LogP contribution is 2.25. The molecule has 0 aliphatic rings. The Balaban J connectivity index is 3.21. The number of nitrogens with two attached hydrogens (primary N) is 1. The summed E-state index contributed by atoms with van der Waals surface area (Å²) in [6, 6.07) is 2.44. The topological polar surface area (TPSA) is 115 Å². The zero-order chi connectivity index (χ0) is 17.1. The molecule has 0 spiro atoms. The van der Waals surface area contributed by atoms with Crippen molar-refractivity contribution in [2.24, 2.45) is 5.73 Å². The second-order valence-electron chi connectivity index (χ2n) is 5.54. The number of nitrogens with zero attached hydrogens (tertiary/aromatic N) is 1. The molecule has 0 aromatic heterocycles. The number of nitro benzene ring substituents is 1. The van der Waals surface area contributed by atoms with E-state index in [2.05, 4.69) is 4.72 Å². The molecule has 0 amide bonds. The number of hydrogen-bond acceptors (Lipinski definition) is 5. The standard InChI is InChI=1S/C14H23N3O4S/c1-5-14(15,6-2)9-16-22(20,21)13-8-12(17(18)19)7-10(3)11(13)4/h7-8,16H,5-6,9,15H2,1-4H3.